The van der Waals surface area contributed by atoms with E-state index < -0.39 is 0 Å². The molecule has 0 aromatic carbocycles. The van der Waals surface area contributed by atoms with E-state index in [0.717, 1.165) is 37.1 Å². The molecule has 0 aliphatic heterocycles. The quantitative estimate of drug-likeness (QED) is 0.625. The zero-order chi connectivity index (χ0) is 12.3. The van der Waals surface area contributed by atoms with Gasteiger partial charge in [0.05, 0.1) is 5.71 Å². The summed E-state index contributed by atoms with van der Waals surface area (Å²) in [5.74, 6) is 0. The van der Waals surface area contributed by atoms with Gasteiger partial charge < -0.3 is 5.21 Å². The van der Waals surface area contributed by atoms with Gasteiger partial charge in [0.25, 0.3) is 0 Å². The van der Waals surface area contributed by atoms with Crippen LogP contribution in [0.2, 0.25) is 0 Å². The first-order chi connectivity index (χ1) is 8.24. The smallest absolute Gasteiger partial charge is 0.0798 e. The number of hydrogen-bond donors (Lipinski definition) is 1. The molecular weight excluding hydrogens is 212 g/mol. The Kier molecular flexibility index (Phi) is 3.57. The van der Waals surface area contributed by atoms with E-state index in [1.165, 1.54) is 16.7 Å². The highest BCUT2D eigenvalue weighted by molar-refractivity contribution is 6.02. The number of nitrogens with zero attached hydrogens (tertiary/aromatic N) is 2. The Balaban J connectivity index is 2.45. The first-order valence-electron chi connectivity index (χ1n) is 6.12. The maximum Gasteiger partial charge on any atom is 0.0798 e. The summed E-state index contributed by atoms with van der Waals surface area (Å²) in [6, 6.07) is 2.13. The van der Waals surface area contributed by atoms with Crippen LogP contribution in [0.15, 0.2) is 23.5 Å². The molecule has 0 saturated carbocycles. The molecule has 90 valence electrons. The summed E-state index contributed by atoms with van der Waals surface area (Å²) in [7, 11) is 0. The minimum Gasteiger partial charge on any atom is -0.411 e. The Morgan fingerprint density at radius 1 is 1.41 bits per heavy atom. The fourth-order valence-corrected chi connectivity index (χ4v) is 2.27. The van der Waals surface area contributed by atoms with Crippen molar-refractivity contribution in [2.24, 2.45) is 5.16 Å². The lowest BCUT2D eigenvalue weighted by Crippen LogP contribution is -2.05. The summed E-state index contributed by atoms with van der Waals surface area (Å²) in [4.78, 5) is 4.34. The van der Waals surface area contributed by atoms with E-state index >= 15 is 0 Å². The fraction of sp³-hybridized carbons (Fsp3) is 0.429. The summed E-state index contributed by atoms with van der Waals surface area (Å²) in [5.41, 5.74) is 5.61. The molecule has 0 bridgehead atoms. The van der Waals surface area contributed by atoms with Gasteiger partial charge in [-0.2, -0.15) is 0 Å². The molecule has 1 aromatic rings. The lowest BCUT2D eigenvalue weighted by atomic mass is 9.90. The van der Waals surface area contributed by atoms with E-state index in [1.54, 1.807) is 0 Å². The van der Waals surface area contributed by atoms with Crippen molar-refractivity contribution in [3.8, 4) is 0 Å². The highest BCUT2D eigenvalue weighted by Gasteiger charge is 2.13. The predicted octanol–water partition coefficient (Wildman–Crippen LogP) is 3.35. The Bertz CT molecular complexity index is 475. The van der Waals surface area contributed by atoms with Crippen molar-refractivity contribution >= 4 is 11.3 Å². The SMILES string of the molecule is CCc1cnc(C)cc1C1=C/C(=N/O)CCC1. The number of allylic oxidation sites excluding steroid dienone is 2. The zero-order valence-electron chi connectivity index (χ0n) is 10.4. The van der Waals surface area contributed by atoms with Crippen LogP contribution in [-0.4, -0.2) is 15.9 Å². The number of hydrogen-bond acceptors (Lipinski definition) is 3. The molecule has 17 heavy (non-hydrogen) atoms. The standard InChI is InChI=1S/C14H18N2O/c1-3-11-9-15-10(2)7-14(11)12-5-4-6-13(8-12)16-17/h7-9,17H,3-6H2,1-2H3/b16-13+. The molecule has 0 spiro atoms. The molecule has 0 amide bonds. The van der Waals surface area contributed by atoms with Gasteiger partial charge in [-0.15, -0.1) is 0 Å². The van der Waals surface area contributed by atoms with Crippen molar-refractivity contribution in [1.29, 1.82) is 0 Å². The predicted molar refractivity (Wildman–Crippen MR) is 69.4 cm³/mol. The van der Waals surface area contributed by atoms with Crippen LogP contribution in [0.5, 0.6) is 0 Å². The Morgan fingerprint density at radius 3 is 2.94 bits per heavy atom. The Hall–Kier alpha value is -1.64. The van der Waals surface area contributed by atoms with Crippen LogP contribution in [0.1, 0.15) is 43.0 Å². The van der Waals surface area contributed by atoms with Crippen LogP contribution in [0.4, 0.5) is 0 Å². The molecule has 1 N–H and O–H groups in total. The van der Waals surface area contributed by atoms with Crippen molar-refractivity contribution in [3.05, 3.63) is 35.2 Å². The van der Waals surface area contributed by atoms with Crippen molar-refractivity contribution in [3.63, 3.8) is 0 Å². The third-order valence-corrected chi connectivity index (χ3v) is 3.20. The average Bonchev–Trinajstić information content (AvgIpc) is 2.39. The van der Waals surface area contributed by atoms with E-state index in [-0.39, 0.29) is 0 Å². The average molecular weight is 230 g/mol. The van der Waals surface area contributed by atoms with Gasteiger partial charge in [-0.1, -0.05) is 12.1 Å². The monoisotopic (exact) mass is 230 g/mol. The first-order valence-corrected chi connectivity index (χ1v) is 6.12. The second kappa shape index (κ2) is 5.13. The van der Waals surface area contributed by atoms with Gasteiger partial charge in [0.15, 0.2) is 0 Å². The number of aryl methyl sites for hydroxylation is 2. The lowest BCUT2D eigenvalue weighted by Gasteiger charge is -2.16. The zero-order valence-corrected chi connectivity index (χ0v) is 10.4. The highest BCUT2D eigenvalue weighted by Crippen LogP contribution is 2.28. The lowest BCUT2D eigenvalue weighted by molar-refractivity contribution is 0.318. The number of rotatable bonds is 2. The highest BCUT2D eigenvalue weighted by atomic mass is 16.4. The van der Waals surface area contributed by atoms with Crippen LogP contribution in [0.3, 0.4) is 0 Å². The van der Waals surface area contributed by atoms with Crippen molar-refractivity contribution < 1.29 is 5.21 Å². The molecule has 1 aromatic heterocycles. The molecule has 3 nitrogen and oxygen atoms in total. The third-order valence-electron chi connectivity index (χ3n) is 3.20. The molecule has 3 heteroatoms. The van der Waals surface area contributed by atoms with E-state index in [9.17, 15) is 0 Å². The molecule has 2 rings (SSSR count). The molecular formula is C14H18N2O. The molecule has 0 atom stereocenters. The van der Waals surface area contributed by atoms with E-state index in [1.807, 2.05) is 19.2 Å². The van der Waals surface area contributed by atoms with Gasteiger partial charge in [0.1, 0.15) is 0 Å². The van der Waals surface area contributed by atoms with Gasteiger partial charge in [-0.25, -0.2) is 0 Å². The van der Waals surface area contributed by atoms with E-state index in [4.69, 9.17) is 5.21 Å². The van der Waals surface area contributed by atoms with Crippen LogP contribution in [0, 0.1) is 6.92 Å². The third kappa shape index (κ3) is 2.54. The summed E-state index contributed by atoms with van der Waals surface area (Å²) in [5, 5.41) is 12.2. The maximum atomic E-state index is 8.87. The second-order valence-electron chi connectivity index (χ2n) is 4.45. The summed E-state index contributed by atoms with van der Waals surface area (Å²) in [6.07, 6.45) is 7.91. The van der Waals surface area contributed by atoms with E-state index in [0.29, 0.717) is 0 Å². The van der Waals surface area contributed by atoms with Gasteiger partial charge in [0.2, 0.25) is 0 Å². The molecule has 1 heterocycles. The second-order valence-corrected chi connectivity index (χ2v) is 4.45. The molecule has 1 aliphatic rings. The van der Waals surface area contributed by atoms with Gasteiger partial charge in [-0.3, -0.25) is 4.98 Å². The number of pyridine rings is 1. The topological polar surface area (TPSA) is 45.5 Å². The van der Waals surface area contributed by atoms with Gasteiger partial charge in [0, 0.05) is 11.9 Å². The number of oxime groups is 1. The van der Waals surface area contributed by atoms with Crippen molar-refractivity contribution in [2.45, 2.75) is 39.5 Å². The largest absolute Gasteiger partial charge is 0.411 e. The van der Waals surface area contributed by atoms with Gasteiger partial charge >= 0.3 is 0 Å². The molecule has 0 unspecified atom stereocenters. The Labute approximate surface area is 102 Å². The number of aromatic nitrogens is 1. The fourth-order valence-electron chi connectivity index (χ4n) is 2.27. The van der Waals surface area contributed by atoms with Crippen LogP contribution in [-0.2, 0) is 6.42 Å². The summed E-state index contributed by atoms with van der Waals surface area (Å²) >= 11 is 0. The van der Waals surface area contributed by atoms with Gasteiger partial charge in [-0.05, 0) is 61.4 Å². The summed E-state index contributed by atoms with van der Waals surface area (Å²) in [6.45, 7) is 4.15. The normalized spacial score (nSPS) is 18.2. The maximum absolute atomic E-state index is 8.87. The van der Waals surface area contributed by atoms with Crippen LogP contribution < -0.4 is 0 Å². The van der Waals surface area contributed by atoms with Crippen LogP contribution >= 0.6 is 0 Å². The summed E-state index contributed by atoms with van der Waals surface area (Å²) < 4.78 is 0. The molecule has 0 fully saturated rings. The van der Waals surface area contributed by atoms with Crippen LogP contribution in [0.25, 0.3) is 5.57 Å². The van der Waals surface area contributed by atoms with Crippen molar-refractivity contribution in [1.82, 2.24) is 4.98 Å². The molecule has 1 aliphatic carbocycles. The van der Waals surface area contributed by atoms with E-state index in [2.05, 4.69) is 23.1 Å². The minimum absolute atomic E-state index is 0.780. The Morgan fingerprint density at radius 2 is 2.24 bits per heavy atom. The van der Waals surface area contributed by atoms with Crippen molar-refractivity contribution in [2.75, 3.05) is 0 Å². The molecule has 0 radical (unpaired) electrons. The minimum atomic E-state index is 0.780. The first kappa shape index (κ1) is 11.8. The molecule has 0 saturated heterocycles.